The van der Waals surface area contributed by atoms with E-state index in [4.69, 9.17) is 40.2 Å². The summed E-state index contributed by atoms with van der Waals surface area (Å²) in [5, 5.41) is 3.87. The van der Waals surface area contributed by atoms with Gasteiger partial charge in [-0.25, -0.2) is 0 Å². The van der Waals surface area contributed by atoms with Gasteiger partial charge >= 0.3 is 0 Å². The number of amides is 1. The Morgan fingerprint density at radius 2 is 1.50 bits per heavy atom. The maximum absolute atomic E-state index is 12.1. The van der Waals surface area contributed by atoms with Gasteiger partial charge in [-0.3, -0.25) is 15.6 Å². The maximum atomic E-state index is 12.1. The number of hydrogen-bond acceptors (Lipinski definition) is 3. The standard InChI is InChI=1S/C20H15Cl2N3O2S/c21-17-11-6-13(12-18(17)22)19(26)24-25-20(28)23-14-7-9-16(10-8-14)27-15-4-2-1-3-5-15/h1-12H,(H,24,26)(H2,23,25,28). The lowest BCUT2D eigenvalue weighted by Crippen LogP contribution is -2.43. The number of hydrazine groups is 1. The third-order valence-electron chi connectivity index (χ3n) is 3.56. The van der Waals surface area contributed by atoms with E-state index in [1.807, 2.05) is 54.6 Å². The summed E-state index contributed by atoms with van der Waals surface area (Å²) in [6.07, 6.45) is 0. The molecule has 1 amide bonds. The molecule has 3 N–H and O–H groups in total. The quantitative estimate of drug-likeness (QED) is 0.380. The SMILES string of the molecule is O=C(NNC(=S)Nc1ccc(Oc2ccccc2)cc1)c1ccc(Cl)c(Cl)c1. The Hall–Kier alpha value is -2.80. The fourth-order valence-corrected chi connectivity index (χ4v) is 2.68. The van der Waals surface area contributed by atoms with Crippen molar-refractivity contribution in [3.05, 3.63) is 88.4 Å². The molecule has 0 aliphatic carbocycles. The fraction of sp³-hybridized carbons (Fsp3) is 0. The first-order valence-electron chi connectivity index (χ1n) is 8.16. The molecule has 0 heterocycles. The van der Waals surface area contributed by atoms with Crippen LogP contribution < -0.4 is 20.9 Å². The van der Waals surface area contributed by atoms with Gasteiger partial charge in [-0.15, -0.1) is 0 Å². The molecule has 5 nitrogen and oxygen atoms in total. The van der Waals surface area contributed by atoms with Gasteiger partial charge < -0.3 is 10.1 Å². The number of benzene rings is 3. The van der Waals surface area contributed by atoms with Crippen molar-refractivity contribution in [3.63, 3.8) is 0 Å². The number of rotatable bonds is 4. The normalized spacial score (nSPS) is 10.1. The Morgan fingerprint density at radius 1 is 0.821 bits per heavy atom. The Bertz CT molecular complexity index is 983. The van der Waals surface area contributed by atoms with Crippen molar-refractivity contribution in [2.24, 2.45) is 0 Å². The molecular formula is C20H15Cl2N3O2S. The van der Waals surface area contributed by atoms with Crippen molar-refractivity contribution >= 4 is 52.1 Å². The highest BCUT2D eigenvalue weighted by atomic mass is 35.5. The molecule has 8 heteroatoms. The van der Waals surface area contributed by atoms with Gasteiger partial charge in [-0.2, -0.15) is 0 Å². The van der Waals surface area contributed by atoms with Gasteiger partial charge in [-0.05, 0) is 66.8 Å². The van der Waals surface area contributed by atoms with Crippen LogP contribution in [0.25, 0.3) is 0 Å². The third-order valence-corrected chi connectivity index (χ3v) is 4.51. The minimum Gasteiger partial charge on any atom is -0.457 e. The van der Waals surface area contributed by atoms with Gasteiger partial charge in [0, 0.05) is 11.3 Å². The second-order valence-electron chi connectivity index (χ2n) is 5.60. The van der Waals surface area contributed by atoms with E-state index < -0.39 is 5.91 Å². The summed E-state index contributed by atoms with van der Waals surface area (Å²) in [5.74, 6) is 1.06. The molecule has 142 valence electrons. The molecule has 0 aliphatic heterocycles. The Balaban J connectivity index is 1.50. The number of para-hydroxylation sites is 1. The van der Waals surface area contributed by atoms with Crippen LogP contribution in [0.3, 0.4) is 0 Å². The van der Waals surface area contributed by atoms with E-state index in [0.29, 0.717) is 21.4 Å². The minimum atomic E-state index is -0.394. The van der Waals surface area contributed by atoms with Crippen LogP contribution in [0.1, 0.15) is 10.4 Å². The monoisotopic (exact) mass is 431 g/mol. The molecule has 0 bridgehead atoms. The first-order valence-corrected chi connectivity index (χ1v) is 9.33. The van der Waals surface area contributed by atoms with Gasteiger partial charge in [-0.1, -0.05) is 41.4 Å². The summed E-state index contributed by atoms with van der Waals surface area (Å²) in [5.41, 5.74) is 6.21. The molecule has 0 saturated carbocycles. The van der Waals surface area contributed by atoms with Gasteiger partial charge in [0.15, 0.2) is 5.11 Å². The predicted octanol–water partition coefficient (Wildman–Crippen LogP) is 5.42. The summed E-state index contributed by atoms with van der Waals surface area (Å²) >= 11 is 16.9. The van der Waals surface area contributed by atoms with Crippen molar-refractivity contribution in [1.29, 1.82) is 0 Å². The molecule has 0 aromatic heterocycles. The maximum Gasteiger partial charge on any atom is 0.269 e. The summed E-state index contributed by atoms with van der Waals surface area (Å²) in [7, 11) is 0. The number of nitrogens with one attached hydrogen (secondary N) is 3. The molecule has 0 radical (unpaired) electrons. The van der Waals surface area contributed by atoms with Gasteiger partial charge in [0.1, 0.15) is 11.5 Å². The van der Waals surface area contributed by atoms with Gasteiger partial charge in [0.2, 0.25) is 0 Å². The Kier molecular flexibility index (Phi) is 6.71. The smallest absolute Gasteiger partial charge is 0.269 e. The lowest BCUT2D eigenvalue weighted by Gasteiger charge is -2.12. The van der Waals surface area contributed by atoms with Crippen LogP contribution in [0, 0.1) is 0 Å². The molecule has 28 heavy (non-hydrogen) atoms. The van der Waals surface area contributed by atoms with Crippen LogP contribution in [0.2, 0.25) is 10.0 Å². The molecular weight excluding hydrogens is 417 g/mol. The zero-order chi connectivity index (χ0) is 19.9. The van der Waals surface area contributed by atoms with Crippen molar-refractivity contribution in [1.82, 2.24) is 10.9 Å². The number of thiocarbonyl (C=S) groups is 1. The van der Waals surface area contributed by atoms with Crippen LogP contribution in [-0.4, -0.2) is 11.0 Å². The molecule has 3 aromatic rings. The average Bonchev–Trinajstić information content (AvgIpc) is 2.70. The van der Waals surface area contributed by atoms with E-state index in [-0.39, 0.29) is 5.11 Å². The second kappa shape index (κ2) is 9.41. The van der Waals surface area contributed by atoms with Crippen LogP contribution in [0.5, 0.6) is 11.5 Å². The highest BCUT2D eigenvalue weighted by Gasteiger charge is 2.08. The summed E-state index contributed by atoms with van der Waals surface area (Å²) < 4.78 is 5.73. The van der Waals surface area contributed by atoms with Gasteiger partial charge in [0.25, 0.3) is 5.91 Å². The lowest BCUT2D eigenvalue weighted by atomic mass is 10.2. The predicted molar refractivity (Wildman–Crippen MR) is 116 cm³/mol. The largest absolute Gasteiger partial charge is 0.457 e. The molecule has 3 rings (SSSR count). The summed E-state index contributed by atoms with van der Waals surface area (Å²) in [6, 6.07) is 21.3. The van der Waals surface area contributed by atoms with E-state index in [1.54, 1.807) is 12.1 Å². The number of hydrogen-bond donors (Lipinski definition) is 3. The highest BCUT2D eigenvalue weighted by molar-refractivity contribution is 7.80. The molecule has 0 spiro atoms. The van der Waals surface area contributed by atoms with Crippen LogP contribution in [0.4, 0.5) is 5.69 Å². The van der Waals surface area contributed by atoms with Crippen molar-refractivity contribution < 1.29 is 9.53 Å². The zero-order valence-electron chi connectivity index (χ0n) is 14.4. The summed E-state index contributed by atoms with van der Waals surface area (Å²) in [6.45, 7) is 0. The molecule has 0 aliphatic rings. The molecule has 0 atom stereocenters. The minimum absolute atomic E-state index is 0.227. The number of anilines is 1. The number of carbonyl (C=O) groups is 1. The van der Waals surface area contributed by atoms with Crippen molar-refractivity contribution in [3.8, 4) is 11.5 Å². The van der Waals surface area contributed by atoms with E-state index in [0.717, 1.165) is 11.4 Å². The third kappa shape index (κ3) is 5.60. The fourth-order valence-electron chi connectivity index (χ4n) is 2.22. The van der Waals surface area contributed by atoms with Crippen molar-refractivity contribution in [2.75, 3.05) is 5.32 Å². The summed E-state index contributed by atoms with van der Waals surface area (Å²) in [4.78, 5) is 12.1. The average molecular weight is 432 g/mol. The van der Waals surface area contributed by atoms with Crippen LogP contribution in [-0.2, 0) is 0 Å². The number of carbonyl (C=O) groups excluding carboxylic acids is 1. The van der Waals surface area contributed by atoms with Crippen LogP contribution >= 0.6 is 35.4 Å². The molecule has 0 fully saturated rings. The van der Waals surface area contributed by atoms with E-state index in [2.05, 4.69) is 16.2 Å². The number of ether oxygens (including phenoxy) is 1. The second-order valence-corrected chi connectivity index (χ2v) is 6.82. The first-order chi connectivity index (χ1) is 13.5. The van der Waals surface area contributed by atoms with Gasteiger partial charge in [0.05, 0.1) is 10.0 Å². The topological polar surface area (TPSA) is 62.4 Å². The zero-order valence-corrected chi connectivity index (χ0v) is 16.7. The van der Waals surface area contributed by atoms with Crippen LogP contribution in [0.15, 0.2) is 72.8 Å². The Morgan fingerprint density at radius 3 is 2.18 bits per heavy atom. The lowest BCUT2D eigenvalue weighted by molar-refractivity contribution is 0.0944. The highest BCUT2D eigenvalue weighted by Crippen LogP contribution is 2.23. The Labute approximate surface area is 177 Å². The molecule has 0 unspecified atom stereocenters. The number of halogens is 2. The van der Waals surface area contributed by atoms with E-state index in [1.165, 1.54) is 6.07 Å². The molecule has 0 saturated heterocycles. The van der Waals surface area contributed by atoms with Crippen molar-refractivity contribution in [2.45, 2.75) is 0 Å². The van der Waals surface area contributed by atoms with E-state index in [9.17, 15) is 4.79 Å². The first kappa shape index (κ1) is 19.9. The van der Waals surface area contributed by atoms with E-state index >= 15 is 0 Å². The molecule has 3 aromatic carbocycles.